The van der Waals surface area contributed by atoms with Crippen LogP contribution in [-0.4, -0.2) is 104 Å². The molecule has 3 aromatic rings. The van der Waals surface area contributed by atoms with E-state index in [0.29, 0.717) is 53.4 Å². The fourth-order valence-electron chi connectivity index (χ4n) is 4.71. The van der Waals surface area contributed by atoms with E-state index in [2.05, 4.69) is 65.9 Å². The van der Waals surface area contributed by atoms with Crippen LogP contribution in [0.15, 0.2) is 48.7 Å². The molecule has 0 bridgehead atoms. The molecule has 0 unspecified atom stereocenters. The van der Waals surface area contributed by atoms with Crippen molar-refractivity contribution in [3.63, 3.8) is 0 Å². The highest BCUT2D eigenvalue weighted by atomic mass is 35.5. The van der Waals surface area contributed by atoms with Crippen molar-refractivity contribution in [3.05, 3.63) is 64.8 Å². The molecule has 3 N–H and O–H groups in total. The van der Waals surface area contributed by atoms with Gasteiger partial charge in [0.15, 0.2) is 5.82 Å². The number of hydrogen-bond donors (Lipinski definition) is 3. The SMILES string of the molecule is CNCCOc1ccc(Nc2nc(Nc3cccc(CN(CCC=O)CCN4CCN(C)CC4)c3)ncc2C#N)cc1Cl. The maximum absolute atomic E-state index is 11.1. The number of nitrogens with zero attached hydrogens (tertiary/aromatic N) is 6. The minimum Gasteiger partial charge on any atom is -0.491 e. The molecule has 11 nitrogen and oxygen atoms in total. The minimum atomic E-state index is 0.302. The minimum absolute atomic E-state index is 0.302. The molecule has 2 aromatic carbocycles. The van der Waals surface area contributed by atoms with E-state index in [-0.39, 0.29) is 0 Å². The first-order valence-electron chi connectivity index (χ1n) is 14.5. The number of carbonyl (C=O) groups excluding carboxylic acids is 1. The van der Waals surface area contributed by atoms with Gasteiger partial charge in [0, 0.05) is 76.7 Å². The van der Waals surface area contributed by atoms with Gasteiger partial charge in [-0.05, 0) is 50.0 Å². The number of anilines is 4. The summed E-state index contributed by atoms with van der Waals surface area (Å²) in [5.41, 5.74) is 2.92. The third kappa shape index (κ3) is 10.2. The molecule has 0 spiro atoms. The van der Waals surface area contributed by atoms with E-state index in [9.17, 15) is 10.1 Å². The van der Waals surface area contributed by atoms with Crippen LogP contribution < -0.4 is 20.7 Å². The lowest BCUT2D eigenvalue weighted by Gasteiger charge is -2.34. The topological polar surface area (TPSA) is 122 Å². The third-order valence-electron chi connectivity index (χ3n) is 7.19. The molecule has 43 heavy (non-hydrogen) atoms. The number of halogens is 1. The molecular formula is C31H40ClN9O2. The van der Waals surface area contributed by atoms with Gasteiger partial charge in [0.1, 0.15) is 30.3 Å². The van der Waals surface area contributed by atoms with Gasteiger partial charge in [0.05, 0.1) is 11.2 Å². The predicted molar refractivity (Wildman–Crippen MR) is 171 cm³/mol. The first kappa shape index (κ1) is 32.1. The van der Waals surface area contributed by atoms with Gasteiger partial charge < -0.3 is 30.4 Å². The average Bonchev–Trinajstić information content (AvgIpc) is 3.01. The Kier molecular flexibility index (Phi) is 12.5. The fourth-order valence-corrected chi connectivity index (χ4v) is 4.94. The van der Waals surface area contributed by atoms with Gasteiger partial charge in [0.2, 0.25) is 5.95 Å². The standard InChI is InChI=1S/C31H40ClN9O2/c1-34-9-18-43-29-8-7-27(20-28(29)32)36-30-25(21-33)22-35-31(38-30)37-26-6-3-5-24(19-26)23-41(10-4-17-42)16-15-40-13-11-39(2)12-14-40/h3,5-8,17,19-20,22,34H,4,9-16,18,23H2,1-2H3,(H2,35,36,37,38). The second kappa shape index (κ2) is 16.7. The molecule has 1 saturated heterocycles. The summed E-state index contributed by atoms with van der Waals surface area (Å²) in [6, 6.07) is 15.5. The van der Waals surface area contributed by atoms with Crippen LogP contribution >= 0.6 is 11.6 Å². The number of aromatic nitrogens is 2. The lowest BCUT2D eigenvalue weighted by atomic mass is 10.1. The highest BCUT2D eigenvalue weighted by Crippen LogP contribution is 2.30. The summed E-state index contributed by atoms with van der Waals surface area (Å²) in [6.07, 6.45) is 2.97. The third-order valence-corrected chi connectivity index (χ3v) is 7.49. The van der Waals surface area contributed by atoms with Crippen LogP contribution in [0.25, 0.3) is 0 Å². The zero-order valence-electron chi connectivity index (χ0n) is 24.9. The van der Waals surface area contributed by atoms with Gasteiger partial charge in [-0.2, -0.15) is 10.2 Å². The lowest BCUT2D eigenvalue weighted by molar-refractivity contribution is -0.108. The van der Waals surface area contributed by atoms with E-state index in [1.54, 1.807) is 12.1 Å². The number of likely N-dealkylation sites (N-methyl/N-ethyl adjacent to an activating group) is 2. The number of aldehydes is 1. The van der Waals surface area contributed by atoms with E-state index in [4.69, 9.17) is 16.3 Å². The Bertz CT molecular complexity index is 1380. The number of nitriles is 1. The molecule has 228 valence electrons. The van der Waals surface area contributed by atoms with E-state index < -0.39 is 0 Å². The lowest BCUT2D eigenvalue weighted by Crippen LogP contribution is -2.47. The molecule has 1 fully saturated rings. The summed E-state index contributed by atoms with van der Waals surface area (Å²) in [7, 11) is 4.02. The predicted octanol–water partition coefficient (Wildman–Crippen LogP) is 3.73. The second-order valence-electron chi connectivity index (χ2n) is 10.5. The molecular weight excluding hydrogens is 566 g/mol. The molecule has 0 aliphatic carbocycles. The van der Waals surface area contributed by atoms with Gasteiger partial charge >= 0.3 is 0 Å². The van der Waals surface area contributed by atoms with Crippen molar-refractivity contribution in [1.29, 1.82) is 5.26 Å². The number of hydrogen-bond acceptors (Lipinski definition) is 11. The Balaban J connectivity index is 1.41. The Morgan fingerprint density at radius 1 is 1.12 bits per heavy atom. The second-order valence-corrected chi connectivity index (χ2v) is 10.9. The first-order valence-corrected chi connectivity index (χ1v) is 14.9. The maximum atomic E-state index is 11.1. The molecule has 0 saturated carbocycles. The summed E-state index contributed by atoms with van der Waals surface area (Å²) in [6.45, 7) is 8.85. The smallest absolute Gasteiger partial charge is 0.229 e. The highest BCUT2D eigenvalue weighted by Gasteiger charge is 2.16. The van der Waals surface area contributed by atoms with E-state index in [1.165, 1.54) is 6.20 Å². The molecule has 0 amide bonds. The van der Waals surface area contributed by atoms with Crippen LogP contribution in [0, 0.1) is 11.3 Å². The van der Waals surface area contributed by atoms with Crippen molar-refractivity contribution < 1.29 is 9.53 Å². The average molecular weight is 606 g/mol. The summed E-state index contributed by atoms with van der Waals surface area (Å²) >= 11 is 6.41. The van der Waals surface area contributed by atoms with Gasteiger partial charge in [-0.1, -0.05) is 23.7 Å². The van der Waals surface area contributed by atoms with Crippen molar-refractivity contribution in [1.82, 2.24) is 30.0 Å². The van der Waals surface area contributed by atoms with Crippen LogP contribution in [0.2, 0.25) is 5.02 Å². The number of benzene rings is 2. The Labute approximate surface area is 258 Å². The van der Waals surface area contributed by atoms with E-state index >= 15 is 0 Å². The summed E-state index contributed by atoms with van der Waals surface area (Å²) in [5.74, 6) is 1.29. The summed E-state index contributed by atoms with van der Waals surface area (Å²) < 4.78 is 5.68. The normalized spacial score (nSPS) is 13.9. The Morgan fingerprint density at radius 2 is 1.93 bits per heavy atom. The number of piperazine rings is 1. The highest BCUT2D eigenvalue weighted by molar-refractivity contribution is 6.32. The zero-order valence-corrected chi connectivity index (χ0v) is 25.6. The quantitative estimate of drug-likeness (QED) is 0.164. The number of ether oxygens (including phenoxy) is 1. The van der Waals surface area contributed by atoms with Crippen molar-refractivity contribution in [2.24, 2.45) is 0 Å². The van der Waals surface area contributed by atoms with Crippen LogP contribution in [0.5, 0.6) is 5.75 Å². The van der Waals surface area contributed by atoms with Crippen molar-refractivity contribution >= 4 is 41.0 Å². The van der Waals surface area contributed by atoms with Gasteiger partial charge in [-0.15, -0.1) is 0 Å². The molecule has 1 aliphatic heterocycles. The van der Waals surface area contributed by atoms with Crippen molar-refractivity contribution in [2.75, 3.05) is 83.7 Å². The van der Waals surface area contributed by atoms with Crippen LogP contribution in [0.4, 0.5) is 23.1 Å². The van der Waals surface area contributed by atoms with Gasteiger partial charge in [0.25, 0.3) is 0 Å². The van der Waals surface area contributed by atoms with E-state index in [0.717, 1.165) is 69.9 Å². The van der Waals surface area contributed by atoms with Gasteiger partial charge in [-0.25, -0.2) is 4.98 Å². The molecule has 1 aromatic heterocycles. The van der Waals surface area contributed by atoms with Crippen molar-refractivity contribution in [2.45, 2.75) is 13.0 Å². The summed E-state index contributed by atoms with van der Waals surface area (Å²) in [5, 5.41) is 19.6. The van der Waals surface area contributed by atoms with E-state index in [1.807, 2.05) is 25.2 Å². The Hall–Kier alpha value is -3.79. The largest absolute Gasteiger partial charge is 0.491 e. The van der Waals surface area contributed by atoms with Crippen LogP contribution in [0.1, 0.15) is 17.5 Å². The number of nitrogens with one attached hydrogen (secondary N) is 3. The molecule has 1 aliphatic rings. The molecule has 4 rings (SSSR count). The van der Waals surface area contributed by atoms with Crippen molar-refractivity contribution in [3.8, 4) is 11.8 Å². The Morgan fingerprint density at radius 3 is 2.67 bits per heavy atom. The maximum Gasteiger partial charge on any atom is 0.229 e. The summed E-state index contributed by atoms with van der Waals surface area (Å²) in [4.78, 5) is 27.2. The monoisotopic (exact) mass is 605 g/mol. The molecule has 2 heterocycles. The number of carbonyl (C=O) groups is 1. The fraction of sp³-hybridized carbons (Fsp3) is 0.419. The van der Waals surface area contributed by atoms with Crippen LogP contribution in [0.3, 0.4) is 0 Å². The zero-order chi connectivity index (χ0) is 30.4. The number of rotatable bonds is 16. The first-order chi connectivity index (χ1) is 21.0. The molecule has 0 atom stereocenters. The van der Waals surface area contributed by atoms with Gasteiger partial charge in [-0.3, -0.25) is 9.80 Å². The molecule has 12 heteroatoms. The van der Waals surface area contributed by atoms with Crippen LogP contribution in [-0.2, 0) is 11.3 Å². The molecule has 0 radical (unpaired) electrons.